The molecule has 23 heavy (non-hydrogen) atoms. The van der Waals surface area contributed by atoms with Crippen LogP contribution in [-0.4, -0.2) is 5.91 Å². The molecule has 2 aromatic heterocycles. The van der Waals surface area contributed by atoms with Gasteiger partial charge in [0.25, 0.3) is 0 Å². The van der Waals surface area contributed by atoms with E-state index in [1.165, 1.54) is 23.3 Å². The Morgan fingerprint density at radius 1 is 1.35 bits per heavy atom. The molecule has 1 N–H and O–H groups in total. The van der Waals surface area contributed by atoms with Crippen LogP contribution in [-0.2, 0) is 17.6 Å². The number of nitrogens with one attached hydrogen (secondary N) is 1. The minimum absolute atomic E-state index is 0.0132. The normalized spacial score (nSPS) is 22.7. The van der Waals surface area contributed by atoms with Crippen LogP contribution in [0.5, 0.6) is 0 Å². The molecule has 0 spiro atoms. The van der Waals surface area contributed by atoms with Crippen LogP contribution in [0.1, 0.15) is 53.4 Å². The van der Waals surface area contributed by atoms with Crippen molar-refractivity contribution in [1.29, 1.82) is 5.26 Å². The van der Waals surface area contributed by atoms with Gasteiger partial charge in [-0.3, -0.25) is 4.79 Å². The van der Waals surface area contributed by atoms with Gasteiger partial charge in [-0.1, -0.05) is 6.42 Å². The number of carbonyl (C=O) groups excluding carboxylic acids is 1. The number of fused-ring (bicyclic) bond motifs is 1. The highest BCUT2D eigenvalue weighted by molar-refractivity contribution is 7.16. The first-order valence-electron chi connectivity index (χ1n) is 8.17. The fraction of sp³-hybridized carbons (Fsp3) is 0.444. The molecule has 2 aliphatic rings. The minimum atomic E-state index is -0.0328. The van der Waals surface area contributed by atoms with E-state index in [4.69, 9.17) is 4.42 Å². The molecule has 118 valence electrons. The Hall–Kier alpha value is -2.06. The van der Waals surface area contributed by atoms with E-state index in [0.29, 0.717) is 5.56 Å². The monoisotopic (exact) mass is 326 g/mol. The quantitative estimate of drug-likeness (QED) is 0.859. The first kappa shape index (κ1) is 14.5. The summed E-state index contributed by atoms with van der Waals surface area (Å²) >= 11 is 1.59. The summed E-state index contributed by atoms with van der Waals surface area (Å²) < 4.78 is 5.38. The number of hydrogen-bond acceptors (Lipinski definition) is 4. The molecule has 4 rings (SSSR count). The number of anilines is 1. The third kappa shape index (κ3) is 2.68. The van der Waals surface area contributed by atoms with Gasteiger partial charge in [0, 0.05) is 16.7 Å². The summed E-state index contributed by atoms with van der Waals surface area (Å²) in [6.45, 7) is 0. The van der Waals surface area contributed by atoms with E-state index in [-0.39, 0.29) is 17.7 Å². The number of aryl methyl sites for hydroxylation is 1. The number of amides is 1. The average molecular weight is 326 g/mol. The predicted octanol–water partition coefficient (Wildman–Crippen LogP) is 4.22. The van der Waals surface area contributed by atoms with Crippen molar-refractivity contribution < 1.29 is 9.21 Å². The van der Waals surface area contributed by atoms with Gasteiger partial charge in [-0.05, 0) is 49.8 Å². The smallest absolute Gasteiger partial charge is 0.228 e. The van der Waals surface area contributed by atoms with E-state index < -0.39 is 0 Å². The van der Waals surface area contributed by atoms with E-state index in [9.17, 15) is 10.1 Å². The van der Waals surface area contributed by atoms with Crippen LogP contribution < -0.4 is 5.32 Å². The molecular formula is C18H18N2O2S. The van der Waals surface area contributed by atoms with Gasteiger partial charge in [0.2, 0.25) is 5.91 Å². The van der Waals surface area contributed by atoms with Crippen LogP contribution in [0.4, 0.5) is 5.00 Å². The molecule has 2 atom stereocenters. The maximum atomic E-state index is 12.5. The van der Waals surface area contributed by atoms with Crippen LogP contribution in [0.25, 0.3) is 0 Å². The molecule has 1 saturated carbocycles. The Morgan fingerprint density at radius 2 is 2.22 bits per heavy atom. The number of rotatable bonds is 3. The summed E-state index contributed by atoms with van der Waals surface area (Å²) in [6, 6.07) is 6.09. The van der Waals surface area contributed by atoms with Crippen molar-refractivity contribution in [1.82, 2.24) is 0 Å². The van der Waals surface area contributed by atoms with Crippen molar-refractivity contribution in [2.45, 2.75) is 44.4 Å². The predicted molar refractivity (Wildman–Crippen MR) is 88.5 cm³/mol. The molecule has 0 unspecified atom stereocenters. The van der Waals surface area contributed by atoms with Crippen molar-refractivity contribution in [3.8, 4) is 6.07 Å². The molecule has 0 aliphatic heterocycles. The second-order valence-corrected chi connectivity index (χ2v) is 7.44. The highest BCUT2D eigenvalue weighted by Crippen LogP contribution is 2.48. The van der Waals surface area contributed by atoms with Gasteiger partial charge >= 0.3 is 0 Å². The summed E-state index contributed by atoms with van der Waals surface area (Å²) in [5.74, 6) is 1.05. The topological polar surface area (TPSA) is 66.0 Å². The lowest BCUT2D eigenvalue weighted by molar-refractivity contribution is -0.117. The summed E-state index contributed by atoms with van der Waals surface area (Å²) in [7, 11) is 0. The molecule has 0 radical (unpaired) electrons. The zero-order chi connectivity index (χ0) is 15.8. The van der Waals surface area contributed by atoms with Gasteiger partial charge in [-0.2, -0.15) is 5.26 Å². The second-order valence-electron chi connectivity index (χ2n) is 6.33. The van der Waals surface area contributed by atoms with E-state index in [1.807, 2.05) is 12.1 Å². The summed E-state index contributed by atoms with van der Waals surface area (Å²) in [5, 5.41) is 13.3. The molecule has 0 aromatic carbocycles. The number of thiophene rings is 1. The van der Waals surface area contributed by atoms with Gasteiger partial charge in [0.05, 0.1) is 11.8 Å². The van der Waals surface area contributed by atoms with Gasteiger partial charge in [-0.15, -0.1) is 11.3 Å². The fourth-order valence-corrected chi connectivity index (χ4v) is 4.70. The van der Waals surface area contributed by atoms with Crippen molar-refractivity contribution in [3.63, 3.8) is 0 Å². The van der Waals surface area contributed by atoms with Crippen LogP contribution in [0.3, 0.4) is 0 Å². The molecule has 5 heteroatoms. The third-order valence-corrected chi connectivity index (χ3v) is 6.01. The van der Waals surface area contributed by atoms with Crippen molar-refractivity contribution in [2.75, 3.05) is 5.32 Å². The van der Waals surface area contributed by atoms with E-state index >= 15 is 0 Å². The molecule has 2 aliphatic carbocycles. The molecule has 1 fully saturated rings. The van der Waals surface area contributed by atoms with Gasteiger partial charge in [0.1, 0.15) is 16.8 Å². The van der Waals surface area contributed by atoms with Gasteiger partial charge < -0.3 is 9.73 Å². The number of nitriles is 1. The first-order chi connectivity index (χ1) is 11.3. The summed E-state index contributed by atoms with van der Waals surface area (Å²) in [5.41, 5.74) is 1.86. The van der Waals surface area contributed by atoms with Crippen LogP contribution in [0, 0.1) is 17.2 Å². The molecule has 4 nitrogen and oxygen atoms in total. The molecule has 1 amide bonds. The second kappa shape index (κ2) is 5.86. The van der Waals surface area contributed by atoms with Crippen LogP contribution in [0.15, 0.2) is 22.8 Å². The standard InChI is InChI=1S/C18H18N2O2S/c19-10-14-11-5-2-1-3-7-16(11)23-18(14)20-17(21)13-9-12(13)15-6-4-8-22-15/h4,6,8,12-13H,1-3,5,7,9H2,(H,20,21)/t12-,13+/m0/s1. The lowest BCUT2D eigenvalue weighted by Crippen LogP contribution is -2.14. The fourth-order valence-electron chi connectivity index (χ4n) is 3.46. The lowest BCUT2D eigenvalue weighted by Gasteiger charge is -2.03. The van der Waals surface area contributed by atoms with Crippen molar-refractivity contribution in [3.05, 3.63) is 40.2 Å². The summed E-state index contributed by atoms with van der Waals surface area (Å²) in [4.78, 5) is 13.8. The minimum Gasteiger partial charge on any atom is -0.469 e. The Morgan fingerprint density at radius 3 is 3.00 bits per heavy atom. The van der Waals surface area contributed by atoms with E-state index in [2.05, 4.69) is 11.4 Å². The number of furan rings is 1. The number of nitrogens with zero attached hydrogens (tertiary/aromatic N) is 1. The Bertz CT molecular complexity index is 770. The van der Waals surface area contributed by atoms with Crippen molar-refractivity contribution >= 4 is 22.2 Å². The highest BCUT2D eigenvalue weighted by atomic mass is 32.1. The zero-order valence-corrected chi connectivity index (χ0v) is 13.6. The Balaban J connectivity index is 1.51. The molecule has 2 heterocycles. The highest BCUT2D eigenvalue weighted by Gasteiger charge is 2.46. The molecule has 2 aromatic rings. The van der Waals surface area contributed by atoms with Crippen molar-refractivity contribution in [2.24, 2.45) is 5.92 Å². The maximum Gasteiger partial charge on any atom is 0.228 e. The number of carbonyl (C=O) groups is 1. The van der Waals surface area contributed by atoms with E-state index in [1.54, 1.807) is 17.6 Å². The SMILES string of the molecule is N#Cc1c(NC(=O)[C@@H]2C[C@@H]2c2ccco2)sc2c1CCCCC2. The summed E-state index contributed by atoms with van der Waals surface area (Å²) in [6.07, 6.45) is 8.00. The first-order valence-corrected chi connectivity index (χ1v) is 8.98. The van der Waals surface area contributed by atoms with Gasteiger partial charge in [0.15, 0.2) is 0 Å². The van der Waals surface area contributed by atoms with E-state index in [0.717, 1.165) is 36.4 Å². The third-order valence-electron chi connectivity index (χ3n) is 4.81. The molecule has 0 bridgehead atoms. The Labute approximate surface area is 139 Å². The largest absolute Gasteiger partial charge is 0.469 e. The zero-order valence-electron chi connectivity index (χ0n) is 12.8. The average Bonchev–Trinajstić information content (AvgIpc) is 3.13. The van der Waals surface area contributed by atoms with Gasteiger partial charge in [-0.25, -0.2) is 0 Å². The van der Waals surface area contributed by atoms with Crippen LogP contribution >= 0.6 is 11.3 Å². The lowest BCUT2D eigenvalue weighted by atomic mass is 10.1. The number of hydrogen-bond donors (Lipinski definition) is 1. The Kier molecular flexibility index (Phi) is 3.70. The maximum absolute atomic E-state index is 12.5. The molecule has 0 saturated heterocycles. The molecular weight excluding hydrogens is 308 g/mol. The van der Waals surface area contributed by atoms with Crippen LogP contribution in [0.2, 0.25) is 0 Å².